The van der Waals surface area contributed by atoms with Crippen LogP contribution >= 0.6 is 0 Å². The highest BCUT2D eigenvalue weighted by Gasteiger charge is 2.36. The first-order valence-electron chi connectivity index (χ1n) is 4.42. The summed E-state index contributed by atoms with van der Waals surface area (Å²) in [6.07, 6.45) is -1.18. The lowest BCUT2D eigenvalue weighted by Gasteiger charge is -2.26. The van der Waals surface area contributed by atoms with Gasteiger partial charge in [0.05, 0.1) is 0 Å². The summed E-state index contributed by atoms with van der Waals surface area (Å²) in [7, 11) is 0. The fourth-order valence-electron chi connectivity index (χ4n) is 1.15. The molecule has 0 spiro atoms. The van der Waals surface area contributed by atoms with Gasteiger partial charge in [-0.3, -0.25) is 4.79 Å². The summed E-state index contributed by atoms with van der Waals surface area (Å²) >= 11 is 0. The van der Waals surface area contributed by atoms with Crippen LogP contribution in [-0.4, -0.2) is 21.6 Å². The highest BCUT2D eigenvalue weighted by Crippen LogP contribution is 2.25. The number of ketones is 1. The Morgan fingerprint density at radius 3 is 2.29 bits per heavy atom. The molecule has 2 unspecified atom stereocenters. The van der Waals surface area contributed by atoms with Crippen molar-refractivity contribution < 1.29 is 15.0 Å². The van der Waals surface area contributed by atoms with Crippen molar-refractivity contribution in [1.82, 2.24) is 0 Å². The maximum Gasteiger partial charge on any atom is 0.164 e. The van der Waals surface area contributed by atoms with Gasteiger partial charge in [0.15, 0.2) is 5.78 Å². The van der Waals surface area contributed by atoms with E-state index in [-0.39, 0.29) is 0 Å². The van der Waals surface area contributed by atoms with Crippen LogP contribution in [0.25, 0.3) is 0 Å². The number of carbonyl (C=O) groups is 1. The average molecular weight is 194 g/mol. The molecule has 14 heavy (non-hydrogen) atoms. The zero-order valence-electron chi connectivity index (χ0n) is 8.27. The largest absolute Gasteiger partial charge is 0.385 e. The molecule has 0 aliphatic heterocycles. The summed E-state index contributed by atoms with van der Waals surface area (Å²) in [5.41, 5.74) is -1.19. The standard InChI is InChI=1S/C11H14O3/c1-8(12)11(2,14)10(13)9-6-4-3-5-7-9/h3-7,10,13-14H,1-2H3. The first-order valence-corrected chi connectivity index (χ1v) is 4.42. The highest BCUT2D eigenvalue weighted by atomic mass is 16.3. The molecule has 2 atom stereocenters. The first kappa shape index (κ1) is 10.9. The molecule has 0 aromatic heterocycles. The van der Waals surface area contributed by atoms with Crippen molar-refractivity contribution in [3.8, 4) is 0 Å². The fraction of sp³-hybridized carbons (Fsp3) is 0.364. The minimum atomic E-state index is -1.72. The van der Waals surface area contributed by atoms with Crippen LogP contribution in [-0.2, 0) is 4.79 Å². The van der Waals surface area contributed by atoms with Crippen LogP contribution in [0.5, 0.6) is 0 Å². The van der Waals surface area contributed by atoms with Crippen LogP contribution in [0.4, 0.5) is 0 Å². The van der Waals surface area contributed by atoms with Gasteiger partial charge < -0.3 is 10.2 Å². The topological polar surface area (TPSA) is 57.5 Å². The summed E-state index contributed by atoms with van der Waals surface area (Å²) in [4.78, 5) is 11.1. The SMILES string of the molecule is CC(=O)C(C)(O)C(O)c1ccccc1. The van der Waals surface area contributed by atoms with E-state index in [0.717, 1.165) is 0 Å². The molecule has 1 aromatic rings. The van der Waals surface area contributed by atoms with E-state index in [9.17, 15) is 15.0 Å². The molecule has 0 saturated carbocycles. The minimum absolute atomic E-state index is 0.450. The van der Waals surface area contributed by atoms with E-state index in [0.29, 0.717) is 5.56 Å². The Morgan fingerprint density at radius 2 is 1.86 bits per heavy atom. The molecule has 0 radical (unpaired) electrons. The lowest BCUT2D eigenvalue weighted by atomic mass is 9.90. The van der Waals surface area contributed by atoms with E-state index < -0.39 is 17.5 Å². The molecule has 3 nitrogen and oxygen atoms in total. The second-order valence-electron chi connectivity index (χ2n) is 3.52. The Hall–Kier alpha value is -1.19. The maximum absolute atomic E-state index is 11.1. The normalized spacial score (nSPS) is 17.1. The molecular weight excluding hydrogens is 180 g/mol. The van der Waals surface area contributed by atoms with E-state index in [1.54, 1.807) is 30.3 Å². The summed E-state index contributed by atoms with van der Waals surface area (Å²) in [6, 6.07) is 8.63. The number of Topliss-reactive ketones (excluding diaryl/α,β-unsaturated/α-hetero) is 1. The summed E-state index contributed by atoms with van der Waals surface area (Å²) in [5, 5.41) is 19.5. The number of aliphatic hydroxyl groups is 2. The summed E-state index contributed by atoms with van der Waals surface area (Å²) < 4.78 is 0. The lowest BCUT2D eigenvalue weighted by molar-refractivity contribution is -0.145. The molecule has 2 N–H and O–H groups in total. The molecule has 0 amide bonds. The van der Waals surface area contributed by atoms with Crippen LogP contribution < -0.4 is 0 Å². The number of carbonyl (C=O) groups excluding carboxylic acids is 1. The Labute approximate surface area is 83.0 Å². The first-order chi connectivity index (χ1) is 6.46. The van der Waals surface area contributed by atoms with Crippen molar-refractivity contribution in [2.45, 2.75) is 25.6 Å². The van der Waals surface area contributed by atoms with Gasteiger partial charge in [-0.1, -0.05) is 30.3 Å². The van der Waals surface area contributed by atoms with Crippen LogP contribution in [0.15, 0.2) is 30.3 Å². The van der Waals surface area contributed by atoms with E-state index in [4.69, 9.17) is 0 Å². The summed E-state index contributed by atoms with van der Waals surface area (Å²) in [5.74, 6) is -0.450. The molecular formula is C11H14O3. The Bertz CT molecular complexity index is 317. The van der Waals surface area contributed by atoms with Crippen LogP contribution in [0, 0.1) is 0 Å². The van der Waals surface area contributed by atoms with E-state index in [2.05, 4.69) is 0 Å². The van der Waals surface area contributed by atoms with Gasteiger partial charge in [-0.15, -0.1) is 0 Å². The molecule has 0 saturated heterocycles. The van der Waals surface area contributed by atoms with Gasteiger partial charge in [-0.25, -0.2) is 0 Å². The maximum atomic E-state index is 11.1. The number of benzene rings is 1. The van der Waals surface area contributed by atoms with Gasteiger partial charge in [0.1, 0.15) is 11.7 Å². The molecule has 0 aliphatic carbocycles. The van der Waals surface area contributed by atoms with Gasteiger partial charge in [0, 0.05) is 0 Å². The van der Waals surface area contributed by atoms with Gasteiger partial charge >= 0.3 is 0 Å². The molecule has 0 heterocycles. The van der Waals surface area contributed by atoms with Crippen molar-refractivity contribution in [2.75, 3.05) is 0 Å². The molecule has 0 fully saturated rings. The van der Waals surface area contributed by atoms with Crippen molar-refractivity contribution in [1.29, 1.82) is 0 Å². The van der Waals surface area contributed by atoms with Gasteiger partial charge in [0.2, 0.25) is 0 Å². The van der Waals surface area contributed by atoms with Crippen molar-refractivity contribution in [2.24, 2.45) is 0 Å². The van der Waals surface area contributed by atoms with Gasteiger partial charge in [-0.2, -0.15) is 0 Å². The second-order valence-corrected chi connectivity index (χ2v) is 3.52. The predicted molar refractivity (Wildman–Crippen MR) is 52.7 cm³/mol. The third kappa shape index (κ3) is 2.00. The van der Waals surface area contributed by atoms with Crippen LogP contribution in [0.2, 0.25) is 0 Å². The van der Waals surface area contributed by atoms with Crippen molar-refractivity contribution >= 4 is 5.78 Å². The third-order valence-electron chi connectivity index (χ3n) is 2.36. The summed E-state index contributed by atoms with van der Waals surface area (Å²) in [6.45, 7) is 2.57. The molecule has 0 aliphatic rings. The fourth-order valence-corrected chi connectivity index (χ4v) is 1.15. The Balaban J connectivity index is 2.96. The molecule has 1 rings (SSSR count). The van der Waals surface area contributed by atoms with Crippen LogP contribution in [0.1, 0.15) is 25.5 Å². The molecule has 76 valence electrons. The number of hydrogen-bond donors (Lipinski definition) is 2. The van der Waals surface area contributed by atoms with Crippen LogP contribution in [0.3, 0.4) is 0 Å². The van der Waals surface area contributed by atoms with Crippen molar-refractivity contribution in [3.05, 3.63) is 35.9 Å². The van der Waals surface area contributed by atoms with E-state index >= 15 is 0 Å². The Morgan fingerprint density at radius 1 is 1.36 bits per heavy atom. The number of rotatable bonds is 3. The quantitative estimate of drug-likeness (QED) is 0.756. The average Bonchev–Trinajstić information content (AvgIpc) is 2.17. The van der Waals surface area contributed by atoms with Gasteiger partial charge in [-0.05, 0) is 19.4 Å². The number of hydrogen-bond acceptors (Lipinski definition) is 3. The van der Waals surface area contributed by atoms with Gasteiger partial charge in [0.25, 0.3) is 0 Å². The predicted octanol–water partition coefficient (Wildman–Crippen LogP) is 1.06. The monoisotopic (exact) mass is 194 g/mol. The molecule has 3 heteroatoms. The second kappa shape index (κ2) is 3.90. The number of aliphatic hydroxyl groups excluding tert-OH is 1. The highest BCUT2D eigenvalue weighted by molar-refractivity contribution is 5.85. The molecule has 1 aromatic carbocycles. The Kier molecular flexibility index (Phi) is 3.03. The third-order valence-corrected chi connectivity index (χ3v) is 2.36. The minimum Gasteiger partial charge on any atom is -0.385 e. The lowest BCUT2D eigenvalue weighted by Crippen LogP contribution is -2.39. The van der Waals surface area contributed by atoms with E-state index in [1.165, 1.54) is 13.8 Å². The van der Waals surface area contributed by atoms with Crippen molar-refractivity contribution in [3.63, 3.8) is 0 Å². The zero-order valence-corrected chi connectivity index (χ0v) is 8.27. The smallest absolute Gasteiger partial charge is 0.164 e. The van der Waals surface area contributed by atoms with E-state index in [1.807, 2.05) is 0 Å². The zero-order chi connectivity index (χ0) is 10.8. The molecule has 0 bridgehead atoms.